The van der Waals surface area contributed by atoms with Crippen molar-refractivity contribution < 1.29 is 5.11 Å². The quantitative estimate of drug-likeness (QED) is 0.411. The molecule has 4 aromatic rings. The lowest BCUT2D eigenvalue weighted by Gasteiger charge is -2.13. The molecule has 2 heterocycles. The number of nitrogens with one attached hydrogen (secondary N) is 1. The molecule has 0 aliphatic carbocycles. The Morgan fingerprint density at radius 1 is 0.969 bits per heavy atom. The summed E-state index contributed by atoms with van der Waals surface area (Å²) in [6.45, 7) is 1.98. The van der Waals surface area contributed by atoms with E-state index in [0.717, 1.165) is 33.7 Å². The highest BCUT2D eigenvalue weighted by Gasteiger charge is 2.23. The average Bonchev–Trinajstić information content (AvgIpc) is 3.17. The molecule has 5 nitrogen and oxygen atoms in total. The lowest BCUT2D eigenvalue weighted by molar-refractivity contribution is 0.432. The van der Waals surface area contributed by atoms with Crippen LogP contribution in [0.5, 0.6) is 5.88 Å². The zero-order valence-electron chi connectivity index (χ0n) is 17.2. The van der Waals surface area contributed by atoms with E-state index in [0.29, 0.717) is 5.69 Å². The predicted molar refractivity (Wildman–Crippen MR) is 131 cm³/mol. The van der Waals surface area contributed by atoms with Gasteiger partial charge in [0, 0.05) is 16.7 Å². The highest BCUT2D eigenvalue weighted by atomic mass is 32.1. The summed E-state index contributed by atoms with van der Waals surface area (Å²) in [5, 5.41) is 11.1. The topological polar surface area (TPSA) is 70.4 Å². The second-order valence-electron chi connectivity index (χ2n) is 7.57. The smallest absolute Gasteiger partial charge is 0.262 e. The number of aromatic amines is 1. The first kappa shape index (κ1) is 19.9. The first-order valence-corrected chi connectivity index (χ1v) is 10.5. The molecule has 1 aromatic heterocycles. The molecule has 1 aliphatic heterocycles. The largest absolute Gasteiger partial charge is 0.494 e. The molecule has 0 bridgehead atoms. The van der Waals surface area contributed by atoms with Crippen LogP contribution in [0.1, 0.15) is 22.3 Å². The van der Waals surface area contributed by atoms with Gasteiger partial charge in [0.15, 0.2) is 4.77 Å². The Hall–Kier alpha value is -4.03. The Balaban J connectivity index is 1.74. The van der Waals surface area contributed by atoms with E-state index in [1.807, 2.05) is 85.8 Å². The average molecular weight is 438 g/mol. The molecule has 0 spiro atoms. The van der Waals surface area contributed by atoms with Gasteiger partial charge in [-0.25, -0.2) is 4.99 Å². The number of allylic oxidation sites excluding steroid dienone is 1. The van der Waals surface area contributed by atoms with Crippen molar-refractivity contribution in [3.05, 3.63) is 116 Å². The second kappa shape index (κ2) is 7.90. The molecule has 0 atom stereocenters. The van der Waals surface area contributed by atoms with Crippen LogP contribution in [-0.2, 0) is 0 Å². The summed E-state index contributed by atoms with van der Waals surface area (Å²) in [5.41, 5.74) is 5.56. The molecule has 0 saturated carbocycles. The maximum Gasteiger partial charge on any atom is 0.262 e. The summed E-state index contributed by atoms with van der Waals surface area (Å²) in [6.07, 6.45) is 1.69. The summed E-state index contributed by atoms with van der Waals surface area (Å²) >= 11 is 5.35. The van der Waals surface area contributed by atoms with Gasteiger partial charge in [-0.05, 0) is 43.4 Å². The third-order valence-electron chi connectivity index (χ3n) is 5.43. The number of benzene rings is 3. The van der Waals surface area contributed by atoms with Crippen molar-refractivity contribution in [2.45, 2.75) is 6.92 Å². The molecule has 0 amide bonds. The summed E-state index contributed by atoms with van der Waals surface area (Å²) in [4.78, 5) is 20.3. The first-order chi connectivity index (χ1) is 15.5. The molecule has 0 fully saturated rings. The van der Waals surface area contributed by atoms with E-state index < -0.39 is 5.56 Å². The number of fused-ring (bicyclic) bond motifs is 1. The van der Waals surface area contributed by atoms with Crippen LogP contribution in [-0.4, -0.2) is 20.4 Å². The summed E-state index contributed by atoms with van der Waals surface area (Å²) in [5.74, 6) is -0.216. The minimum absolute atomic E-state index is 0.120. The molecule has 3 aromatic carbocycles. The number of hydrogen-bond acceptors (Lipinski definition) is 4. The van der Waals surface area contributed by atoms with E-state index in [1.54, 1.807) is 6.08 Å². The maximum absolute atomic E-state index is 12.9. The zero-order chi connectivity index (χ0) is 22.2. The Bertz CT molecular complexity index is 1510. The number of rotatable bonds is 3. The number of aliphatic imine (C=N–C) groups is 1. The van der Waals surface area contributed by atoms with E-state index in [1.165, 1.54) is 4.57 Å². The van der Waals surface area contributed by atoms with Gasteiger partial charge in [-0.3, -0.25) is 14.3 Å². The minimum atomic E-state index is -0.458. The van der Waals surface area contributed by atoms with E-state index in [9.17, 15) is 9.90 Å². The van der Waals surface area contributed by atoms with Gasteiger partial charge in [0.25, 0.3) is 5.56 Å². The fourth-order valence-corrected chi connectivity index (χ4v) is 4.10. The number of para-hydroxylation sites is 1. The number of H-pyrrole nitrogens is 1. The molecule has 156 valence electrons. The Morgan fingerprint density at radius 2 is 1.66 bits per heavy atom. The lowest BCUT2D eigenvalue weighted by Crippen LogP contribution is -2.16. The van der Waals surface area contributed by atoms with Crippen LogP contribution < -0.4 is 5.56 Å². The number of hydrogen-bond donors (Lipinski definition) is 2. The summed E-state index contributed by atoms with van der Waals surface area (Å²) in [7, 11) is 0. The molecule has 0 radical (unpaired) electrons. The number of aryl methyl sites for hydroxylation is 1. The molecule has 32 heavy (non-hydrogen) atoms. The van der Waals surface area contributed by atoms with Gasteiger partial charge in [0.05, 0.1) is 17.1 Å². The van der Waals surface area contributed by atoms with Gasteiger partial charge in [-0.2, -0.15) is 0 Å². The number of nitrogens with zero attached hydrogens (tertiary/aromatic N) is 2. The fraction of sp³-hybridized carbons (Fsp3) is 0.0385. The Morgan fingerprint density at radius 3 is 2.41 bits per heavy atom. The highest BCUT2D eigenvalue weighted by molar-refractivity contribution is 7.71. The van der Waals surface area contributed by atoms with Crippen molar-refractivity contribution in [2.75, 3.05) is 0 Å². The van der Waals surface area contributed by atoms with Crippen LogP contribution in [0.2, 0.25) is 0 Å². The van der Waals surface area contributed by atoms with E-state index in [4.69, 9.17) is 17.2 Å². The lowest BCUT2D eigenvalue weighted by atomic mass is 9.96. The number of aromatic hydroxyl groups is 1. The standard InChI is InChI=1S/C26H19N3O2S/c1-16-11-13-18(14-12-16)29-25(31)21(24(30)28-26(29)32)15-20-19-9-5-6-10-22(19)27-23(20)17-7-3-2-4-8-17/h2-15,31H,1H3,(H,28,30,32). The van der Waals surface area contributed by atoms with Gasteiger partial charge in [0.2, 0.25) is 5.88 Å². The molecular formula is C26H19N3O2S. The van der Waals surface area contributed by atoms with Crippen LogP contribution in [0, 0.1) is 11.7 Å². The van der Waals surface area contributed by atoms with Crippen molar-refractivity contribution in [3.63, 3.8) is 0 Å². The Kier molecular flexibility index (Phi) is 4.92. The van der Waals surface area contributed by atoms with Crippen LogP contribution in [0.3, 0.4) is 0 Å². The predicted octanol–water partition coefficient (Wildman–Crippen LogP) is 5.58. The fourth-order valence-electron chi connectivity index (χ4n) is 3.82. The number of aromatic nitrogens is 2. The molecular weight excluding hydrogens is 418 g/mol. The summed E-state index contributed by atoms with van der Waals surface area (Å²) < 4.78 is 1.59. The monoisotopic (exact) mass is 437 g/mol. The van der Waals surface area contributed by atoms with Gasteiger partial charge >= 0.3 is 0 Å². The first-order valence-electron chi connectivity index (χ1n) is 10.1. The highest BCUT2D eigenvalue weighted by Crippen LogP contribution is 2.38. The molecule has 2 N–H and O–H groups in total. The van der Waals surface area contributed by atoms with E-state index in [-0.39, 0.29) is 16.2 Å². The third kappa shape index (κ3) is 3.40. The maximum atomic E-state index is 12.9. The summed E-state index contributed by atoms with van der Waals surface area (Å²) in [6, 6.07) is 25.1. The van der Waals surface area contributed by atoms with Crippen molar-refractivity contribution in [2.24, 2.45) is 4.99 Å². The van der Waals surface area contributed by atoms with E-state index in [2.05, 4.69) is 4.98 Å². The van der Waals surface area contributed by atoms with Crippen LogP contribution >= 0.6 is 12.2 Å². The Labute approximate surface area is 189 Å². The van der Waals surface area contributed by atoms with Crippen molar-refractivity contribution >= 4 is 35.3 Å². The normalized spacial score (nSPS) is 13.8. The van der Waals surface area contributed by atoms with Gasteiger partial charge in [-0.15, -0.1) is 0 Å². The molecule has 0 saturated heterocycles. The zero-order valence-corrected chi connectivity index (χ0v) is 18.1. The SMILES string of the molecule is Cc1ccc(-n2c(O)c(C=C3C(c4ccccc4)=Nc4ccccc43)c(=O)[nH]c2=S)cc1. The molecule has 0 unspecified atom stereocenters. The molecule has 6 heteroatoms. The van der Waals surface area contributed by atoms with Crippen molar-refractivity contribution in [3.8, 4) is 11.6 Å². The van der Waals surface area contributed by atoms with Crippen LogP contribution in [0.4, 0.5) is 5.69 Å². The van der Waals surface area contributed by atoms with Crippen LogP contribution in [0.15, 0.2) is 88.6 Å². The van der Waals surface area contributed by atoms with Gasteiger partial charge < -0.3 is 5.11 Å². The van der Waals surface area contributed by atoms with E-state index >= 15 is 0 Å². The van der Waals surface area contributed by atoms with Crippen LogP contribution in [0.25, 0.3) is 17.3 Å². The minimum Gasteiger partial charge on any atom is -0.494 e. The van der Waals surface area contributed by atoms with Gasteiger partial charge in [0.1, 0.15) is 5.56 Å². The van der Waals surface area contributed by atoms with Crippen molar-refractivity contribution in [1.29, 1.82) is 0 Å². The molecule has 1 aliphatic rings. The second-order valence-corrected chi connectivity index (χ2v) is 7.96. The third-order valence-corrected chi connectivity index (χ3v) is 5.72. The van der Waals surface area contributed by atoms with Gasteiger partial charge in [-0.1, -0.05) is 66.2 Å². The molecule has 5 rings (SSSR count). The van der Waals surface area contributed by atoms with Crippen molar-refractivity contribution in [1.82, 2.24) is 9.55 Å².